The van der Waals surface area contributed by atoms with E-state index in [4.69, 9.17) is 23.2 Å². The second kappa shape index (κ2) is 5.04. The molecule has 1 aromatic carbocycles. The molecule has 16 heavy (non-hydrogen) atoms. The summed E-state index contributed by atoms with van der Waals surface area (Å²) in [6.45, 7) is 1.87. The summed E-state index contributed by atoms with van der Waals surface area (Å²) in [5.41, 5.74) is 0.697. The van der Waals surface area contributed by atoms with Crippen LogP contribution in [0.5, 0.6) is 0 Å². The van der Waals surface area contributed by atoms with Gasteiger partial charge in [-0.05, 0) is 31.2 Å². The predicted octanol–water partition coefficient (Wildman–Crippen LogP) is 2.32. The lowest BCUT2D eigenvalue weighted by molar-refractivity contribution is -0.117. The van der Waals surface area contributed by atoms with Crippen LogP contribution in [0.15, 0.2) is 18.2 Å². The molecule has 0 aliphatic carbocycles. The van der Waals surface area contributed by atoms with E-state index in [0.717, 1.165) is 13.0 Å². The first-order valence-electron chi connectivity index (χ1n) is 5.14. The first-order valence-corrected chi connectivity index (χ1v) is 5.90. The van der Waals surface area contributed by atoms with Crippen molar-refractivity contribution in [1.82, 2.24) is 5.32 Å². The van der Waals surface area contributed by atoms with Crippen molar-refractivity contribution in [2.24, 2.45) is 0 Å². The monoisotopic (exact) mass is 258 g/mol. The molecule has 1 aliphatic heterocycles. The van der Waals surface area contributed by atoms with Crippen molar-refractivity contribution in [3.05, 3.63) is 28.2 Å². The van der Waals surface area contributed by atoms with Crippen LogP contribution in [0.2, 0.25) is 10.0 Å². The zero-order valence-electron chi connectivity index (χ0n) is 8.67. The van der Waals surface area contributed by atoms with Crippen LogP contribution in [0.25, 0.3) is 0 Å². The Hall–Kier alpha value is -0.770. The minimum Gasteiger partial charge on any atom is -0.310 e. The second-order valence-electron chi connectivity index (χ2n) is 3.67. The SMILES string of the molecule is O=C1CNCCCN1c1cc(Cl)ccc1Cl. The number of nitrogens with zero attached hydrogens (tertiary/aromatic N) is 1. The van der Waals surface area contributed by atoms with E-state index in [1.54, 1.807) is 23.1 Å². The van der Waals surface area contributed by atoms with Gasteiger partial charge in [0.1, 0.15) is 0 Å². The Morgan fingerprint density at radius 2 is 2.12 bits per heavy atom. The van der Waals surface area contributed by atoms with Gasteiger partial charge in [-0.15, -0.1) is 0 Å². The number of anilines is 1. The molecule has 1 N–H and O–H groups in total. The van der Waals surface area contributed by atoms with E-state index in [9.17, 15) is 4.79 Å². The highest BCUT2D eigenvalue weighted by Crippen LogP contribution is 2.29. The number of hydrogen-bond donors (Lipinski definition) is 1. The second-order valence-corrected chi connectivity index (χ2v) is 4.52. The Kier molecular flexibility index (Phi) is 3.69. The lowest BCUT2D eigenvalue weighted by atomic mass is 10.2. The summed E-state index contributed by atoms with van der Waals surface area (Å²) in [6.07, 6.45) is 0.911. The smallest absolute Gasteiger partial charge is 0.240 e. The van der Waals surface area contributed by atoms with Crippen molar-refractivity contribution >= 4 is 34.8 Å². The lowest BCUT2D eigenvalue weighted by Crippen LogP contribution is -2.34. The third-order valence-corrected chi connectivity index (χ3v) is 3.07. The molecule has 0 saturated carbocycles. The van der Waals surface area contributed by atoms with Crippen LogP contribution in [-0.2, 0) is 4.79 Å². The Morgan fingerprint density at radius 1 is 1.31 bits per heavy atom. The van der Waals surface area contributed by atoms with Crippen LogP contribution in [0.3, 0.4) is 0 Å². The number of halogens is 2. The molecule has 86 valence electrons. The molecule has 5 heteroatoms. The van der Waals surface area contributed by atoms with Crippen LogP contribution in [0.4, 0.5) is 5.69 Å². The molecule has 0 spiro atoms. The topological polar surface area (TPSA) is 32.3 Å². The zero-order valence-corrected chi connectivity index (χ0v) is 10.2. The number of carbonyl (C=O) groups is 1. The fourth-order valence-electron chi connectivity index (χ4n) is 1.73. The molecule has 2 rings (SSSR count). The predicted molar refractivity (Wildman–Crippen MR) is 66.3 cm³/mol. The van der Waals surface area contributed by atoms with Crippen LogP contribution in [0.1, 0.15) is 6.42 Å². The van der Waals surface area contributed by atoms with E-state index in [0.29, 0.717) is 28.8 Å². The summed E-state index contributed by atoms with van der Waals surface area (Å²) in [5.74, 6) is 0.0293. The van der Waals surface area contributed by atoms with Gasteiger partial charge < -0.3 is 10.2 Å². The summed E-state index contributed by atoms with van der Waals surface area (Å²) in [5, 5.41) is 4.21. The number of hydrogen-bond acceptors (Lipinski definition) is 2. The van der Waals surface area contributed by atoms with Gasteiger partial charge >= 0.3 is 0 Å². The van der Waals surface area contributed by atoms with Crippen LogP contribution < -0.4 is 10.2 Å². The summed E-state index contributed by atoms with van der Waals surface area (Å²) < 4.78 is 0. The molecule has 0 aromatic heterocycles. The van der Waals surface area contributed by atoms with E-state index >= 15 is 0 Å². The zero-order chi connectivity index (χ0) is 11.5. The molecule has 1 aromatic rings. The van der Waals surface area contributed by atoms with Gasteiger partial charge in [0.25, 0.3) is 0 Å². The van der Waals surface area contributed by atoms with Crippen LogP contribution in [0, 0.1) is 0 Å². The molecule has 0 radical (unpaired) electrons. The van der Waals surface area contributed by atoms with E-state index in [1.807, 2.05) is 0 Å². The molecular formula is C11H12Cl2N2O. The van der Waals surface area contributed by atoms with Crippen molar-refractivity contribution < 1.29 is 4.79 Å². The van der Waals surface area contributed by atoms with Gasteiger partial charge in [0.15, 0.2) is 0 Å². The Labute approximate surface area is 104 Å². The molecule has 1 amide bonds. The number of amides is 1. The quantitative estimate of drug-likeness (QED) is 0.839. The van der Waals surface area contributed by atoms with Gasteiger partial charge in [-0.3, -0.25) is 4.79 Å². The standard InChI is InChI=1S/C11H12Cl2N2O/c12-8-2-3-9(13)10(6-8)15-5-1-4-14-7-11(15)16/h2-3,6,14H,1,4-5,7H2. The highest BCUT2D eigenvalue weighted by Gasteiger charge is 2.20. The molecular weight excluding hydrogens is 247 g/mol. The molecule has 3 nitrogen and oxygen atoms in total. The van der Waals surface area contributed by atoms with E-state index < -0.39 is 0 Å². The number of nitrogens with one attached hydrogen (secondary N) is 1. The van der Waals surface area contributed by atoms with Gasteiger partial charge in [0, 0.05) is 11.6 Å². The van der Waals surface area contributed by atoms with Crippen molar-refractivity contribution in [2.45, 2.75) is 6.42 Å². The first kappa shape index (κ1) is 11.7. The lowest BCUT2D eigenvalue weighted by Gasteiger charge is -2.21. The van der Waals surface area contributed by atoms with Crippen molar-refractivity contribution in [1.29, 1.82) is 0 Å². The Bertz CT molecular complexity index is 409. The summed E-state index contributed by atoms with van der Waals surface area (Å²) in [6, 6.07) is 5.16. The molecule has 0 unspecified atom stereocenters. The van der Waals surface area contributed by atoms with E-state index in [-0.39, 0.29) is 5.91 Å². The van der Waals surface area contributed by atoms with Gasteiger partial charge in [-0.2, -0.15) is 0 Å². The van der Waals surface area contributed by atoms with Crippen molar-refractivity contribution in [3.63, 3.8) is 0 Å². The molecule has 1 saturated heterocycles. The maximum absolute atomic E-state index is 11.8. The minimum absolute atomic E-state index is 0.0293. The number of carbonyl (C=O) groups excluding carboxylic acids is 1. The van der Waals surface area contributed by atoms with Gasteiger partial charge in [-0.1, -0.05) is 23.2 Å². The van der Waals surface area contributed by atoms with Gasteiger partial charge in [-0.25, -0.2) is 0 Å². The van der Waals surface area contributed by atoms with Crippen LogP contribution >= 0.6 is 23.2 Å². The largest absolute Gasteiger partial charge is 0.310 e. The van der Waals surface area contributed by atoms with Crippen molar-refractivity contribution in [3.8, 4) is 0 Å². The molecule has 0 bridgehead atoms. The fraction of sp³-hybridized carbons (Fsp3) is 0.364. The average molecular weight is 259 g/mol. The average Bonchev–Trinajstić information content (AvgIpc) is 2.47. The number of benzene rings is 1. The molecule has 1 heterocycles. The maximum Gasteiger partial charge on any atom is 0.240 e. The van der Waals surface area contributed by atoms with Crippen LogP contribution in [-0.4, -0.2) is 25.5 Å². The summed E-state index contributed by atoms with van der Waals surface area (Å²) in [7, 11) is 0. The Morgan fingerprint density at radius 3 is 2.94 bits per heavy atom. The highest BCUT2D eigenvalue weighted by molar-refractivity contribution is 6.35. The summed E-state index contributed by atoms with van der Waals surface area (Å²) >= 11 is 12.0. The maximum atomic E-state index is 11.8. The third kappa shape index (κ3) is 2.48. The van der Waals surface area contributed by atoms with Gasteiger partial charge in [0.05, 0.1) is 17.3 Å². The fourth-order valence-corrected chi connectivity index (χ4v) is 2.11. The molecule has 1 aliphatic rings. The third-order valence-electron chi connectivity index (χ3n) is 2.51. The van der Waals surface area contributed by atoms with Gasteiger partial charge in [0.2, 0.25) is 5.91 Å². The minimum atomic E-state index is 0.0293. The normalized spacial score (nSPS) is 17.4. The van der Waals surface area contributed by atoms with E-state index in [1.165, 1.54) is 0 Å². The number of rotatable bonds is 1. The first-order chi connectivity index (χ1) is 7.68. The highest BCUT2D eigenvalue weighted by atomic mass is 35.5. The van der Waals surface area contributed by atoms with Crippen molar-refractivity contribution in [2.75, 3.05) is 24.5 Å². The summed E-state index contributed by atoms with van der Waals surface area (Å²) in [4.78, 5) is 13.5. The van der Waals surface area contributed by atoms with E-state index in [2.05, 4.69) is 5.32 Å². The molecule has 0 atom stereocenters. The Balaban J connectivity index is 2.33. The molecule has 1 fully saturated rings.